The van der Waals surface area contributed by atoms with E-state index >= 15 is 0 Å². The molecule has 6 heteroatoms. The van der Waals surface area contributed by atoms with Gasteiger partial charge in [0.05, 0.1) is 24.9 Å². The van der Waals surface area contributed by atoms with Gasteiger partial charge in [-0.05, 0) is 44.1 Å². The van der Waals surface area contributed by atoms with Crippen molar-refractivity contribution in [3.05, 3.63) is 35.9 Å². The van der Waals surface area contributed by atoms with E-state index in [1.54, 1.807) is 13.8 Å². The van der Waals surface area contributed by atoms with Gasteiger partial charge in [-0.1, -0.05) is 37.3 Å². The zero-order chi connectivity index (χ0) is 19.5. The quantitative estimate of drug-likeness (QED) is 0.353. The summed E-state index contributed by atoms with van der Waals surface area (Å²) in [5.41, 5.74) is 1.19. The van der Waals surface area contributed by atoms with Crippen molar-refractivity contribution in [2.45, 2.75) is 70.1 Å². The molecule has 1 rings (SSSR count). The summed E-state index contributed by atoms with van der Waals surface area (Å²) in [4.78, 5) is 0. The van der Waals surface area contributed by atoms with Gasteiger partial charge in [0.25, 0.3) is 0 Å². The van der Waals surface area contributed by atoms with Gasteiger partial charge in [-0.15, -0.1) is 0 Å². The monoisotopic (exact) mass is 370 g/mol. The Hall–Kier alpha value is -1.02. The Kier molecular flexibility index (Phi) is 11.0. The van der Waals surface area contributed by atoms with E-state index in [4.69, 9.17) is 9.84 Å². The van der Waals surface area contributed by atoms with Gasteiger partial charge in [0.2, 0.25) is 0 Å². The molecule has 0 radical (unpaired) electrons. The highest BCUT2D eigenvalue weighted by Crippen LogP contribution is 2.17. The molecule has 0 amide bonds. The minimum Gasteiger partial charge on any atom is -0.396 e. The molecule has 1 aromatic rings. The average Bonchev–Trinajstić information content (AvgIpc) is 2.65. The Labute approximate surface area is 156 Å². The lowest BCUT2D eigenvalue weighted by atomic mass is 9.98. The molecule has 5 N–H and O–H groups in total. The molecule has 0 heterocycles. The van der Waals surface area contributed by atoms with E-state index in [0.717, 1.165) is 12.8 Å². The zero-order valence-corrected chi connectivity index (χ0v) is 15.7. The standard InChI is InChI=1S/C20H34O6/c1-14(12-21)11-18(24)20(25)15(2)26-19(13-22)17(23)10-6-9-16-7-4-3-5-8-16/h3-5,7-8,14-15,17-25H,6,9-13H2,1-2H3/t14?,15?,17?,18?,19-,20+/m1/s1. The Balaban J connectivity index is 2.43. The first-order chi connectivity index (χ1) is 12.4. The lowest BCUT2D eigenvalue weighted by Gasteiger charge is -2.30. The van der Waals surface area contributed by atoms with Gasteiger partial charge in [-0.2, -0.15) is 0 Å². The third-order valence-corrected chi connectivity index (χ3v) is 4.64. The molecule has 0 spiro atoms. The molecule has 0 saturated carbocycles. The Morgan fingerprint density at radius 3 is 2.15 bits per heavy atom. The maximum absolute atomic E-state index is 10.3. The normalized spacial score (nSPS) is 18.7. The molecule has 0 aliphatic heterocycles. The van der Waals surface area contributed by atoms with Crippen molar-refractivity contribution < 1.29 is 30.3 Å². The van der Waals surface area contributed by atoms with Crippen LogP contribution in [0.2, 0.25) is 0 Å². The van der Waals surface area contributed by atoms with Crippen LogP contribution < -0.4 is 0 Å². The number of aliphatic hydroxyl groups is 5. The van der Waals surface area contributed by atoms with E-state index < -0.39 is 30.5 Å². The summed E-state index contributed by atoms with van der Waals surface area (Å²) >= 11 is 0. The fraction of sp³-hybridized carbons (Fsp3) is 0.700. The molecule has 1 aromatic carbocycles. The van der Waals surface area contributed by atoms with Crippen molar-refractivity contribution in [2.24, 2.45) is 5.92 Å². The zero-order valence-electron chi connectivity index (χ0n) is 15.7. The van der Waals surface area contributed by atoms with Gasteiger partial charge in [0.1, 0.15) is 12.2 Å². The van der Waals surface area contributed by atoms with Crippen LogP contribution in [-0.4, -0.2) is 69.3 Å². The minimum atomic E-state index is -1.16. The van der Waals surface area contributed by atoms with Crippen LogP contribution in [-0.2, 0) is 11.2 Å². The third kappa shape index (κ3) is 8.12. The van der Waals surface area contributed by atoms with Gasteiger partial charge in [0, 0.05) is 6.61 Å². The predicted molar refractivity (Wildman–Crippen MR) is 99.7 cm³/mol. The molecule has 4 unspecified atom stereocenters. The van der Waals surface area contributed by atoms with Gasteiger partial charge >= 0.3 is 0 Å². The smallest absolute Gasteiger partial charge is 0.107 e. The first-order valence-electron chi connectivity index (χ1n) is 9.34. The van der Waals surface area contributed by atoms with Crippen LogP contribution in [0.1, 0.15) is 38.7 Å². The lowest BCUT2D eigenvalue weighted by molar-refractivity contribution is -0.148. The summed E-state index contributed by atoms with van der Waals surface area (Å²) in [5.74, 6) is -0.135. The summed E-state index contributed by atoms with van der Waals surface area (Å²) in [6, 6.07) is 9.95. The van der Waals surface area contributed by atoms with Gasteiger partial charge in [0.15, 0.2) is 0 Å². The maximum atomic E-state index is 10.3. The highest BCUT2D eigenvalue weighted by molar-refractivity contribution is 5.14. The van der Waals surface area contributed by atoms with Crippen molar-refractivity contribution in [2.75, 3.05) is 13.2 Å². The molecule has 6 atom stereocenters. The maximum Gasteiger partial charge on any atom is 0.107 e. The molecule has 0 aliphatic rings. The van der Waals surface area contributed by atoms with Crippen LogP contribution in [0.15, 0.2) is 30.3 Å². The van der Waals surface area contributed by atoms with Crippen molar-refractivity contribution in [1.29, 1.82) is 0 Å². The second-order valence-corrected chi connectivity index (χ2v) is 7.09. The number of benzene rings is 1. The van der Waals surface area contributed by atoms with Crippen LogP contribution in [0.3, 0.4) is 0 Å². The largest absolute Gasteiger partial charge is 0.396 e. The molecule has 0 saturated heterocycles. The van der Waals surface area contributed by atoms with Crippen LogP contribution in [0.25, 0.3) is 0 Å². The van der Waals surface area contributed by atoms with Gasteiger partial charge < -0.3 is 30.3 Å². The number of ether oxygens (including phenoxy) is 1. The minimum absolute atomic E-state index is 0.0710. The fourth-order valence-electron chi connectivity index (χ4n) is 2.90. The first-order valence-corrected chi connectivity index (χ1v) is 9.34. The van der Waals surface area contributed by atoms with E-state index in [1.165, 1.54) is 5.56 Å². The van der Waals surface area contributed by atoms with Crippen LogP contribution in [0, 0.1) is 5.92 Å². The van der Waals surface area contributed by atoms with Gasteiger partial charge in [-0.3, -0.25) is 0 Å². The molecule has 0 bridgehead atoms. The summed E-state index contributed by atoms with van der Waals surface area (Å²) < 4.78 is 5.59. The highest BCUT2D eigenvalue weighted by Gasteiger charge is 2.29. The highest BCUT2D eigenvalue weighted by atomic mass is 16.5. The molecular formula is C20H34O6. The number of rotatable bonds is 13. The average molecular weight is 370 g/mol. The number of aryl methyl sites for hydroxylation is 1. The Morgan fingerprint density at radius 1 is 0.923 bits per heavy atom. The first kappa shape index (κ1) is 23.0. The number of hydrogen-bond acceptors (Lipinski definition) is 6. The SMILES string of the molecule is CC(CO)CC(O)[C@@H](O)C(C)O[C@H](CO)C(O)CCCc1ccccc1. The topological polar surface area (TPSA) is 110 Å². The lowest BCUT2D eigenvalue weighted by Crippen LogP contribution is -2.44. The second kappa shape index (κ2) is 12.4. The van der Waals surface area contributed by atoms with Crippen molar-refractivity contribution in [3.63, 3.8) is 0 Å². The van der Waals surface area contributed by atoms with E-state index in [-0.39, 0.29) is 25.6 Å². The van der Waals surface area contributed by atoms with E-state index in [2.05, 4.69) is 0 Å². The Bertz CT molecular complexity index is 469. The van der Waals surface area contributed by atoms with E-state index in [9.17, 15) is 20.4 Å². The van der Waals surface area contributed by atoms with Crippen LogP contribution >= 0.6 is 0 Å². The summed E-state index contributed by atoms with van der Waals surface area (Å²) in [5, 5.41) is 49.0. The van der Waals surface area contributed by atoms with Crippen LogP contribution in [0.5, 0.6) is 0 Å². The van der Waals surface area contributed by atoms with E-state index in [0.29, 0.717) is 6.42 Å². The van der Waals surface area contributed by atoms with Crippen molar-refractivity contribution in [3.8, 4) is 0 Å². The van der Waals surface area contributed by atoms with Crippen molar-refractivity contribution >= 4 is 0 Å². The van der Waals surface area contributed by atoms with Crippen LogP contribution in [0.4, 0.5) is 0 Å². The van der Waals surface area contributed by atoms with Gasteiger partial charge in [-0.25, -0.2) is 0 Å². The number of hydrogen-bond donors (Lipinski definition) is 5. The number of aliphatic hydroxyl groups excluding tert-OH is 5. The fourth-order valence-corrected chi connectivity index (χ4v) is 2.90. The molecule has 0 fully saturated rings. The molecular weight excluding hydrogens is 336 g/mol. The second-order valence-electron chi connectivity index (χ2n) is 7.09. The predicted octanol–water partition coefficient (Wildman–Crippen LogP) is 0.876. The van der Waals surface area contributed by atoms with E-state index in [1.807, 2.05) is 30.3 Å². The summed E-state index contributed by atoms with van der Waals surface area (Å²) in [6.07, 6.45) is -2.34. The molecule has 26 heavy (non-hydrogen) atoms. The molecule has 0 aliphatic carbocycles. The summed E-state index contributed by atoms with van der Waals surface area (Å²) in [6.45, 7) is 2.93. The summed E-state index contributed by atoms with van der Waals surface area (Å²) in [7, 11) is 0. The Morgan fingerprint density at radius 2 is 1.58 bits per heavy atom. The third-order valence-electron chi connectivity index (χ3n) is 4.64. The van der Waals surface area contributed by atoms with Crippen molar-refractivity contribution in [1.82, 2.24) is 0 Å². The molecule has 6 nitrogen and oxygen atoms in total. The molecule has 0 aromatic heterocycles. The molecule has 150 valence electrons.